The number of benzene rings is 3. The zero-order valence-electron chi connectivity index (χ0n) is 23.7. The fourth-order valence-electron chi connectivity index (χ4n) is 7.10. The molecule has 8 nitrogen and oxygen atoms in total. The summed E-state index contributed by atoms with van der Waals surface area (Å²) in [5.74, 6) is -1.31. The zero-order valence-corrected chi connectivity index (χ0v) is 23.7. The summed E-state index contributed by atoms with van der Waals surface area (Å²) in [4.78, 5) is 42.5. The maximum absolute atomic E-state index is 13.6. The number of carbonyl (C=O) groups excluding carboxylic acids is 2. The molecule has 3 atom stereocenters. The number of fused-ring (bicyclic) bond motifs is 4. The van der Waals surface area contributed by atoms with Crippen LogP contribution in [0.15, 0.2) is 78.9 Å². The molecule has 8 heteroatoms. The second kappa shape index (κ2) is 12.4. The van der Waals surface area contributed by atoms with Crippen LogP contribution in [0.25, 0.3) is 11.1 Å². The number of rotatable bonds is 8. The second-order valence-electron chi connectivity index (χ2n) is 11.6. The molecule has 2 saturated heterocycles. The zero-order chi connectivity index (χ0) is 29.1. The van der Waals surface area contributed by atoms with E-state index in [0.717, 1.165) is 54.6 Å². The van der Waals surface area contributed by atoms with E-state index in [1.54, 1.807) is 4.90 Å². The summed E-state index contributed by atoms with van der Waals surface area (Å²) in [6.07, 6.45) is 1.65. The molecule has 42 heavy (non-hydrogen) atoms. The molecule has 3 aromatic carbocycles. The molecule has 3 aromatic rings. The van der Waals surface area contributed by atoms with Gasteiger partial charge in [0.1, 0.15) is 12.6 Å². The minimum absolute atomic E-state index is 0.0958. The number of hydrogen-bond acceptors (Lipinski definition) is 5. The lowest BCUT2D eigenvalue weighted by molar-refractivity contribution is -0.144. The van der Waals surface area contributed by atoms with Crippen molar-refractivity contribution in [1.29, 1.82) is 0 Å². The third kappa shape index (κ3) is 5.90. The van der Waals surface area contributed by atoms with E-state index in [-0.39, 0.29) is 18.4 Å². The van der Waals surface area contributed by atoms with Crippen LogP contribution in [0.5, 0.6) is 0 Å². The van der Waals surface area contributed by atoms with E-state index in [1.807, 2.05) is 42.5 Å². The number of ether oxygens (including phenoxy) is 1. The van der Waals surface area contributed by atoms with Gasteiger partial charge in [-0.1, -0.05) is 78.9 Å². The highest BCUT2D eigenvalue weighted by molar-refractivity contribution is 5.89. The van der Waals surface area contributed by atoms with E-state index >= 15 is 0 Å². The topological polar surface area (TPSA) is 99.2 Å². The lowest BCUT2D eigenvalue weighted by Gasteiger charge is -2.47. The molecular formula is C34H37N3O5. The standard InChI is InChI=1S/C34H37N3O5/c38-32(39)19-30(35-34(41)42-22-29-27-14-6-4-12-25(27)26-13-5-7-15-28(26)29)33(40)37-18-16-31-24(21-37)11-8-17-36(31)20-23-9-2-1-3-10-23/h1-7,9-10,12-15,24,29-31H,8,11,16-22H2,(H,35,41)(H,38,39). The van der Waals surface area contributed by atoms with Gasteiger partial charge in [-0.2, -0.15) is 0 Å². The molecule has 3 unspecified atom stereocenters. The van der Waals surface area contributed by atoms with E-state index < -0.39 is 24.5 Å². The number of carboxylic acid groups (broad SMARTS) is 1. The van der Waals surface area contributed by atoms with E-state index in [2.05, 4.69) is 46.6 Å². The Morgan fingerprint density at radius 3 is 2.24 bits per heavy atom. The number of carbonyl (C=O) groups is 3. The number of nitrogens with zero attached hydrogens (tertiary/aromatic N) is 2. The quantitative estimate of drug-likeness (QED) is 0.403. The molecule has 0 spiro atoms. The normalized spacial score (nSPS) is 20.6. The van der Waals surface area contributed by atoms with Crippen molar-refractivity contribution in [3.05, 3.63) is 95.6 Å². The van der Waals surface area contributed by atoms with Crippen LogP contribution in [0, 0.1) is 5.92 Å². The van der Waals surface area contributed by atoms with Gasteiger partial charge in [0.2, 0.25) is 5.91 Å². The van der Waals surface area contributed by atoms with Gasteiger partial charge in [0.05, 0.1) is 6.42 Å². The number of aliphatic carboxylic acids is 1. The number of hydrogen-bond donors (Lipinski definition) is 2. The molecule has 2 N–H and O–H groups in total. The van der Waals surface area contributed by atoms with Crippen LogP contribution < -0.4 is 5.32 Å². The van der Waals surface area contributed by atoms with Crippen LogP contribution in [0.1, 0.15) is 48.3 Å². The molecule has 0 saturated carbocycles. The Balaban J connectivity index is 1.08. The summed E-state index contributed by atoms with van der Waals surface area (Å²) < 4.78 is 5.63. The number of amides is 2. The van der Waals surface area contributed by atoms with Gasteiger partial charge < -0.3 is 20.1 Å². The van der Waals surface area contributed by atoms with Crippen molar-refractivity contribution in [2.75, 3.05) is 26.2 Å². The van der Waals surface area contributed by atoms with Crippen molar-refractivity contribution < 1.29 is 24.2 Å². The summed E-state index contributed by atoms with van der Waals surface area (Å²) in [5.41, 5.74) is 5.69. The van der Waals surface area contributed by atoms with Crippen LogP contribution in [0.4, 0.5) is 4.79 Å². The lowest BCUT2D eigenvalue weighted by atomic mass is 9.83. The number of alkyl carbamates (subject to hydrolysis) is 1. The van der Waals surface area contributed by atoms with E-state index in [9.17, 15) is 19.5 Å². The lowest BCUT2D eigenvalue weighted by Crippen LogP contribution is -2.58. The Labute approximate surface area is 246 Å². The highest BCUT2D eigenvalue weighted by atomic mass is 16.5. The van der Waals surface area contributed by atoms with E-state index in [4.69, 9.17) is 4.74 Å². The molecule has 0 bridgehead atoms. The van der Waals surface area contributed by atoms with E-state index in [1.165, 1.54) is 5.56 Å². The van der Waals surface area contributed by atoms with Crippen molar-refractivity contribution >= 4 is 18.0 Å². The Morgan fingerprint density at radius 2 is 1.55 bits per heavy atom. The van der Waals surface area contributed by atoms with Gasteiger partial charge in [-0.15, -0.1) is 0 Å². The van der Waals surface area contributed by atoms with Crippen molar-refractivity contribution in [2.45, 2.75) is 50.2 Å². The molecule has 3 aliphatic rings. The van der Waals surface area contributed by atoms with Crippen LogP contribution >= 0.6 is 0 Å². The van der Waals surface area contributed by atoms with Gasteiger partial charge in [-0.25, -0.2) is 4.79 Å². The molecule has 0 aromatic heterocycles. The van der Waals surface area contributed by atoms with Gasteiger partial charge in [-0.05, 0) is 59.5 Å². The number of piperidine rings is 2. The molecule has 2 aliphatic heterocycles. The van der Waals surface area contributed by atoms with Crippen molar-refractivity contribution in [1.82, 2.24) is 15.1 Å². The van der Waals surface area contributed by atoms with Crippen LogP contribution in [-0.4, -0.2) is 71.2 Å². The Kier molecular flexibility index (Phi) is 8.24. The highest BCUT2D eigenvalue weighted by Crippen LogP contribution is 2.44. The fraction of sp³-hybridized carbons (Fsp3) is 0.382. The fourth-order valence-corrected chi connectivity index (χ4v) is 7.10. The molecular weight excluding hydrogens is 530 g/mol. The van der Waals surface area contributed by atoms with Crippen molar-refractivity contribution in [3.8, 4) is 11.1 Å². The maximum Gasteiger partial charge on any atom is 0.407 e. The Hall–Kier alpha value is -4.17. The molecule has 6 rings (SSSR count). The molecule has 2 heterocycles. The Morgan fingerprint density at radius 1 is 0.881 bits per heavy atom. The molecule has 218 valence electrons. The van der Waals surface area contributed by atoms with Crippen LogP contribution in [-0.2, 0) is 20.9 Å². The number of nitrogens with one attached hydrogen (secondary N) is 1. The smallest absolute Gasteiger partial charge is 0.407 e. The first-order valence-electron chi connectivity index (χ1n) is 14.9. The van der Waals surface area contributed by atoms with Gasteiger partial charge in [0.25, 0.3) is 0 Å². The molecule has 2 amide bonds. The summed E-state index contributed by atoms with van der Waals surface area (Å²) in [7, 11) is 0. The van der Waals surface area contributed by atoms with Gasteiger partial charge >= 0.3 is 12.1 Å². The Bertz CT molecular complexity index is 1400. The third-order valence-electron chi connectivity index (χ3n) is 9.04. The minimum atomic E-state index is -1.18. The van der Waals surface area contributed by atoms with Gasteiger partial charge in [0.15, 0.2) is 0 Å². The first-order chi connectivity index (χ1) is 20.5. The van der Waals surface area contributed by atoms with Crippen LogP contribution in [0.2, 0.25) is 0 Å². The molecule has 1 aliphatic carbocycles. The minimum Gasteiger partial charge on any atom is -0.481 e. The van der Waals surface area contributed by atoms with E-state index in [0.29, 0.717) is 25.0 Å². The summed E-state index contributed by atoms with van der Waals surface area (Å²) in [6.45, 7) is 3.12. The molecule has 2 fully saturated rings. The monoisotopic (exact) mass is 567 g/mol. The summed E-state index contributed by atoms with van der Waals surface area (Å²) in [5, 5.41) is 12.1. The average Bonchev–Trinajstić information content (AvgIpc) is 3.33. The predicted octanol–water partition coefficient (Wildman–Crippen LogP) is 4.88. The van der Waals surface area contributed by atoms with Gasteiger partial charge in [0, 0.05) is 31.6 Å². The first-order valence-corrected chi connectivity index (χ1v) is 14.9. The van der Waals surface area contributed by atoms with Crippen LogP contribution in [0.3, 0.4) is 0 Å². The number of carboxylic acids is 1. The van der Waals surface area contributed by atoms with Crippen molar-refractivity contribution in [2.24, 2.45) is 5.92 Å². The molecule has 0 radical (unpaired) electrons. The SMILES string of the molecule is O=C(O)CC(NC(=O)OCC1c2ccccc2-c2ccccc21)C(=O)N1CCC2C(CCCN2Cc2ccccc2)C1. The second-order valence-corrected chi connectivity index (χ2v) is 11.6. The summed E-state index contributed by atoms with van der Waals surface area (Å²) in [6, 6.07) is 25.8. The summed E-state index contributed by atoms with van der Waals surface area (Å²) >= 11 is 0. The predicted molar refractivity (Wildman–Crippen MR) is 159 cm³/mol. The number of likely N-dealkylation sites (tertiary alicyclic amines) is 2. The maximum atomic E-state index is 13.6. The van der Waals surface area contributed by atoms with Crippen molar-refractivity contribution in [3.63, 3.8) is 0 Å². The highest BCUT2D eigenvalue weighted by Gasteiger charge is 2.39. The van der Waals surface area contributed by atoms with Gasteiger partial charge in [-0.3, -0.25) is 14.5 Å². The average molecular weight is 568 g/mol. The third-order valence-corrected chi connectivity index (χ3v) is 9.04. The largest absolute Gasteiger partial charge is 0.481 e. The first kappa shape index (κ1) is 28.0.